The van der Waals surface area contributed by atoms with Gasteiger partial charge in [0.25, 0.3) is 10.1 Å². The largest absolute Gasteiger partial charge is 0.297 e. The quantitative estimate of drug-likeness (QED) is 0.640. The second kappa shape index (κ2) is 8.22. The second-order valence-corrected chi connectivity index (χ2v) is 6.55. The van der Waals surface area contributed by atoms with Gasteiger partial charge in [-0.05, 0) is 30.0 Å². The third kappa shape index (κ3) is 5.10. The zero-order chi connectivity index (χ0) is 15.0. The van der Waals surface area contributed by atoms with E-state index in [2.05, 4.69) is 20.4 Å². The number of hydrogen-bond donors (Lipinski definition) is 0. The van der Waals surface area contributed by atoms with E-state index in [0.29, 0.717) is 5.92 Å². The fourth-order valence-electron chi connectivity index (χ4n) is 1.95. The summed E-state index contributed by atoms with van der Waals surface area (Å²) >= 11 is 0. The molecular weight excluding hydrogens is 272 g/mol. The van der Waals surface area contributed by atoms with E-state index in [1.807, 2.05) is 6.07 Å². The van der Waals surface area contributed by atoms with Crippen LogP contribution in [0.1, 0.15) is 45.1 Å². The zero-order valence-corrected chi connectivity index (χ0v) is 13.2. The first-order chi connectivity index (χ1) is 9.53. The Bertz CT molecular complexity index is 520. The molecule has 0 aliphatic rings. The maximum absolute atomic E-state index is 12.1. The lowest BCUT2D eigenvalue weighted by Crippen LogP contribution is -2.14. The lowest BCUT2D eigenvalue weighted by Gasteiger charge is -2.14. The van der Waals surface area contributed by atoms with Crippen LogP contribution in [0.4, 0.5) is 0 Å². The SMILES string of the molecule is C=Cc1cccc(S(=O)(=O)OCC(CC)CCCC)c1. The molecule has 0 saturated heterocycles. The highest BCUT2D eigenvalue weighted by molar-refractivity contribution is 7.86. The first-order valence-electron chi connectivity index (χ1n) is 7.15. The Hall–Kier alpha value is -1.13. The van der Waals surface area contributed by atoms with Gasteiger partial charge in [0.1, 0.15) is 0 Å². The summed E-state index contributed by atoms with van der Waals surface area (Å²) in [5.74, 6) is 0.298. The molecule has 0 radical (unpaired) electrons. The normalized spacial score (nSPS) is 13.1. The summed E-state index contributed by atoms with van der Waals surface area (Å²) < 4.78 is 29.5. The molecule has 0 saturated carbocycles. The fourth-order valence-corrected chi connectivity index (χ4v) is 2.98. The molecule has 0 N–H and O–H groups in total. The van der Waals surface area contributed by atoms with Gasteiger partial charge in [-0.1, -0.05) is 57.9 Å². The van der Waals surface area contributed by atoms with E-state index in [1.165, 1.54) is 0 Å². The molecule has 1 unspecified atom stereocenters. The van der Waals surface area contributed by atoms with Crippen molar-refractivity contribution in [1.82, 2.24) is 0 Å². The molecule has 112 valence electrons. The molecule has 0 heterocycles. The molecule has 0 aliphatic heterocycles. The van der Waals surface area contributed by atoms with Gasteiger partial charge in [-0.25, -0.2) is 0 Å². The molecule has 3 nitrogen and oxygen atoms in total. The Morgan fingerprint density at radius 2 is 2.10 bits per heavy atom. The number of rotatable bonds is 9. The van der Waals surface area contributed by atoms with Crippen LogP contribution in [0.2, 0.25) is 0 Å². The zero-order valence-electron chi connectivity index (χ0n) is 12.3. The van der Waals surface area contributed by atoms with Crippen molar-refractivity contribution in [1.29, 1.82) is 0 Å². The van der Waals surface area contributed by atoms with Crippen molar-refractivity contribution in [3.8, 4) is 0 Å². The Morgan fingerprint density at radius 3 is 2.70 bits per heavy atom. The average Bonchev–Trinajstić information content (AvgIpc) is 2.47. The van der Waals surface area contributed by atoms with Gasteiger partial charge >= 0.3 is 0 Å². The van der Waals surface area contributed by atoms with Crippen LogP contribution in [0, 0.1) is 5.92 Å². The van der Waals surface area contributed by atoms with Gasteiger partial charge in [0.15, 0.2) is 0 Å². The summed E-state index contributed by atoms with van der Waals surface area (Å²) in [5.41, 5.74) is 0.771. The third-order valence-corrected chi connectivity index (χ3v) is 4.66. The predicted octanol–water partition coefficient (Wildman–Crippen LogP) is 4.25. The van der Waals surface area contributed by atoms with E-state index < -0.39 is 10.1 Å². The third-order valence-electron chi connectivity index (χ3n) is 3.38. The van der Waals surface area contributed by atoms with Crippen molar-refractivity contribution in [2.24, 2.45) is 5.92 Å². The van der Waals surface area contributed by atoms with E-state index in [0.717, 1.165) is 31.2 Å². The molecule has 0 amide bonds. The standard InChI is InChI=1S/C16H24O3S/c1-4-7-9-15(6-3)13-19-20(17,18)16-11-8-10-14(5-2)12-16/h5,8,10-12,15H,2,4,6-7,9,13H2,1,3H3. The molecular formula is C16H24O3S. The van der Waals surface area contributed by atoms with E-state index in [9.17, 15) is 8.42 Å². The maximum Gasteiger partial charge on any atom is 0.297 e. The molecule has 1 aromatic rings. The summed E-state index contributed by atoms with van der Waals surface area (Å²) in [6.07, 6.45) is 5.78. The van der Waals surface area contributed by atoms with Gasteiger partial charge in [0, 0.05) is 0 Å². The minimum absolute atomic E-state index is 0.195. The summed E-state index contributed by atoms with van der Waals surface area (Å²) in [4.78, 5) is 0.195. The van der Waals surface area contributed by atoms with Gasteiger partial charge in [0.05, 0.1) is 11.5 Å². The highest BCUT2D eigenvalue weighted by Crippen LogP contribution is 2.19. The monoisotopic (exact) mass is 296 g/mol. The highest BCUT2D eigenvalue weighted by atomic mass is 32.2. The van der Waals surface area contributed by atoms with Crippen LogP contribution in [0.25, 0.3) is 6.08 Å². The molecule has 1 atom stereocenters. The summed E-state index contributed by atoms with van der Waals surface area (Å²) in [6, 6.07) is 6.63. The molecule has 0 fully saturated rings. The molecule has 0 spiro atoms. The van der Waals surface area contributed by atoms with Crippen LogP contribution in [-0.4, -0.2) is 15.0 Å². The van der Waals surface area contributed by atoms with E-state index in [1.54, 1.807) is 24.3 Å². The van der Waals surface area contributed by atoms with Crippen LogP contribution in [0.15, 0.2) is 35.7 Å². The van der Waals surface area contributed by atoms with Crippen LogP contribution in [0.5, 0.6) is 0 Å². The van der Waals surface area contributed by atoms with E-state index in [-0.39, 0.29) is 11.5 Å². The number of hydrogen-bond acceptors (Lipinski definition) is 3. The maximum atomic E-state index is 12.1. The topological polar surface area (TPSA) is 43.4 Å². The van der Waals surface area contributed by atoms with E-state index >= 15 is 0 Å². The molecule has 0 aromatic heterocycles. The Balaban J connectivity index is 2.71. The predicted molar refractivity (Wildman–Crippen MR) is 83.0 cm³/mol. The Labute approximate surface area is 122 Å². The Morgan fingerprint density at radius 1 is 1.35 bits per heavy atom. The number of unbranched alkanes of at least 4 members (excludes halogenated alkanes) is 1. The minimum atomic E-state index is -3.67. The summed E-state index contributed by atoms with van der Waals surface area (Å²) in [5, 5.41) is 0. The van der Waals surface area contributed by atoms with Crippen molar-refractivity contribution >= 4 is 16.2 Å². The van der Waals surface area contributed by atoms with Crippen LogP contribution < -0.4 is 0 Å². The fraction of sp³-hybridized carbons (Fsp3) is 0.500. The van der Waals surface area contributed by atoms with Crippen LogP contribution in [0.3, 0.4) is 0 Å². The molecule has 4 heteroatoms. The van der Waals surface area contributed by atoms with Crippen molar-refractivity contribution in [2.75, 3.05) is 6.61 Å². The van der Waals surface area contributed by atoms with Gasteiger partial charge in [0.2, 0.25) is 0 Å². The van der Waals surface area contributed by atoms with Gasteiger partial charge in [-0.15, -0.1) is 0 Å². The minimum Gasteiger partial charge on any atom is -0.266 e. The van der Waals surface area contributed by atoms with Crippen molar-refractivity contribution in [3.63, 3.8) is 0 Å². The van der Waals surface area contributed by atoms with Crippen LogP contribution >= 0.6 is 0 Å². The summed E-state index contributed by atoms with van der Waals surface area (Å²) in [6.45, 7) is 8.09. The lowest BCUT2D eigenvalue weighted by atomic mass is 10.0. The molecule has 1 rings (SSSR count). The second-order valence-electron chi connectivity index (χ2n) is 4.93. The van der Waals surface area contributed by atoms with Gasteiger partial charge in [-0.2, -0.15) is 8.42 Å². The Kier molecular flexibility index (Phi) is 6.96. The highest BCUT2D eigenvalue weighted by Gasteiger charge is 2.17. The molecule has 0 aliphatic carbocycles. The summed E-state index contributed by atoms with van der Waals surface area (Å²) in [7, 11) is -3.67. The molecule has 0 bridgehead atoms. The van der Waals surface area contributed by atoms with E-state index in [4.69, 9.17) is 4.18 Å². The first-order valence-corrected chi connectivity index (χ1v) is 8.56. The van der Waals surface area contributed by atoms with Crippen molar-refractivity contribution < 1.29 is 12.6 Å². The molecule has 1 aromatic carbocycles. The van der Waals surface area contributed by atoms with Crippen LogP contribution in [-0.2, 0) is 14.3 Å². The number of benzene rings is 1. The smallest absolute Gasteiger partial charge is 0.266 e. The lowest BCUT2D eigenvalue weighted by molar-refractivity contribution is 0.238. The van der Waals surface area contributed by atoms with Crippen molar-refractivity contribution in [3.05, 3.63) is 36.4 Å². The average molecular weight is 296 g/mol. The van der Waals surface area contributed by atoms with Gasteiger partial charge in [-0.3, -0.25) is 4.18 Å². The van der Waals surface area contributed by atoms with Crippen molar-refractivity contribution in [2.45, 2.75) is 44.4 Å². The molecule has 20 heavy (non-hydrogen) atoms. The van der Waals surface area contributed by atoms with Gasteiger partial charge < -0.3 is 0 Å². The first kappa shape index (κ1) is 16.9.